The molecule has 6 heteroatoms. The van der Waals surface area contributed by atoms with E-state index in [2.05, 4.69) is 15.6 Å². The van der Waals surface area contributed by atoms with Gasteiger partial charge < -0.3 is 20.2 Å². The van der Waals surface area contributed by atoms with Crippen LogP contribution in [0.1, 0.15) is 24.6 Å². The molecule has 124 valence electrons. The summed E-state index contributed by atoms with van der Waals surface area (Å²) in [5.41, 5.74) is 2.90. The van der Waals surface area contributed by atoms with E-state index in [1.54, 1.807) is 6.26 Å². The van der Waals surface area contributed by atoms with Crippen LogP contribution < -0.4 is 10.6 Å². The highest BCUT2D eigenvalue weighted by atomic mass is 16.3. The molecule has 6 nitrogen and oxygen atoms in total. The zero-order valence-corrected chi connectivity index (χ0v) is 13.5. The fourth-order valence-electron chi connectivity index (χ4n) is 2.07. The molecule has 0 radical (unpaired) electrons. The molecule has 2 aromatic rings. The smallest absolute Gasteiger partial charge is 0.315 e. The van der Waals surface area contributed by atoms with E-state index < -0.39 is 0 Å². The summed E-state index contributed by atoms with van der Waals surface area (Å²) in [5.74, 6) is 0.579. The number of aromatic nitrogens is 1. The Morgan fingerprint density at radius 2 is 2.09 bits per heavy atom. The van der Waals surface area contributed by atoms with Crippen molar-refractivity contribution in [3.05, 3.63) is 41.8 Å². The summed E-state index contributed by atoms with van der Waals surface area (Å²) in [7, 11) is 0. The van der Waals surface area contributed by atoms with E-state index in [-0.39, 0.29) is 18.7 Å². The number of urea groups is 1. The van der Waals surface area contributed by atoms with E-state index in [1.807, 2.05) is 38.1 Å². The zero-order valence-electron chi connectivity index (χ0n) is 13.5. The van der Waals surface area contributed by atoms with Gasteiger partial charge in [-0.15, -0.1) is 0 Å². The Morgan fingerprint density at radius 3 is 2.74 bits per heavy atom. The van der Waals surface area contributed by atoms with Crippen molar-refractivity contribution in [2.45, 2.75) is 32.7 Å². The van der Waals surface area contributed by atoms with Crippen LogP contribution in [0.4, 0.5) is 4.79 Å². The molecule has 3 N–H and O–H groups in total. The second kappa shape index (κ2) is 8.33. The Hall–Kier alpha value is -2.34. The van der Waals surface area contributed by atoms with E-state index >= 15 is 0 Å². The van der Waals surface area contributed by atoms with Crippen LogP contribution in [0.2, 0.25) is 0 Å². The highest BCUT2D eigenvalue weighted by molar-refractivity contribution is 5.74. The van der Waals surface area contributed by atoms with Gasteiger partial charge in [0.2, 0.25) is 5.89 Å². The van der Waals surface area contributed by atoms with Crippen molar-refractivity contribution in [1.29, 1.82) is 0 Å². The SMILES string of the molecule is CCC(CO)NC(=O)NCCc1coc(-c2ccc(C)cc2)n1. The molecule has 0 saturated heterocycles. The summed E-state index contributed by atoms with van der Waals surface area (Å²) in [5, 5.41) is 14.5. The first kappa shape index (κ1) is 17.0. The van der Waals surface area contributed by atoms with Gasteiger partial charge in [-0.2, -0.15) is 0 Å². The highest BCUT2D eigenvalue weighted by Gasteiger charge is 2.09. The normalized spacial score (nSPS) is 12.0. The minimum Gasteiger partial charge on any atom is -0.444 e. The summed E-state index contributed by atoms with van der Waals surface area (Å²) in [6.07, 6.45) is 2.88. The number of nitrogens with zero attached hydrogens (tertiary/aromatic N) is 1. The maximum atomic E-state index is 11.6. The van der Waals surface area contributed by atoms with Gasteiger partial charge in [0, 0.05) is 18.5 Å². The minimum absolute atomic E-state index is 0.0624. The third-order valence-corrected chi connectivity index (χ3v) is 3.57. The third kappa shape index (κ3) is 5.10. The second-order valence-electron chi connectivity index (χ2n) is 5.45. The van der Waals surface area contributed by atoms with Crippen LogP contribution in [0.5, 0.6) is 0 Å². The van der Waals surface area contributed by atoms with Crippen LogP contribution in [0, 0.1) is 6.92 Å². The topological polar surface area (TPSA) is 87.4 Å². The van der Waals surface area contributed by atoms with Crippen LogP contribution in [0.15, 0.2) is 34.9 Å². The lowest BCUT2D eigenvalue weighted by Crippen LogP contribution is -2.44. The number of nitrogens with one attached hydrogen (secondary N) is 2. The van der Waals surface area contributed by atoms with Crippen LogP contribution in [0.3, 0.4) is 0 Å². The maximum absolute atomic E-state index is 11.6. The average Bonchev–Trinajstić information content (AvgIpc) is 3.02. The molecular formula is C17H23N3O3. The Kier molecular flexibility index (Phi) is 6.17. The third-order valence-electron chi connectivity index (χ3n) is 3.57. The van der Waals surface area contributed by atoms with Gasteiger partial charge in [-0.05, 0) is 25.5 Å². The fourth-order valence-corrected chi connectivity index (χ4v) is 2.07. The molecule has 1 atom stereocenters. The van der Waals surface area contributed by atoms with Gasteiger partial charge in [0.05, 0.1) is 18.3 Å². The first-order chi connectivity index (χ1) is 11.1. The van der Waals surface area contributed by atoms with Gasteiger partial charge in [0.25, 0.3) is 0 Å². The van der Waals surface area contributed by atoms with Gasteiger partial charge in [0.15, 0.2) is 0 Å². The van der Waals surface area contributed by atoms with Crippen LogP contribution in [-0.2, 0) is 6.42 Å². The first-order valence-corrected chi connectivity index (χ1v) is 7.79. The van der Waals surface area contributed by atoms with Crippen molar-refractivity contribution in [3.63, 3.8) is 0 Å². The summed E-state index contributed by atoms with van der Waals surface area (Å²) in [4.78, 5) is 16.1. The predicted molar refractivity (Wildman–Crippen MR) is 88.1 cm³/mol. The lowest BCUT2D eigenvalue weighted by atomic mass is 10.1. The van der Waals surface area contributed by atoms with Crippen molar-refractivity contribution in [2.24, 2.45) is 0 Å². The standard InChI is InChI=1S/C17H23N3O3/c1-3-14(10-21)20-17(22)18-9-8-15-11-23-16(19-15)13-6-4-12(2)5-7-13/h4-7,11,14,21H,3,8-10H2,1-2H3,(H2,18,20,22). The van der Waals surface area contributed by atoms with Crippen LogP contribution in [0.25, 0.3) is 11.5 Å². The molecule has 2 rings (SSSR count). The number of carbonyl (C=O) groups is 1. The Labute approximate surface area is 135 Å². The van der Waals surface area contributed by atoms with Crippen LogP contribution in [-0.4, -0.2) is 35.3 Å². The Morgan fingerprint density at radius 1 is 1.35 bits per heavy atom. The number of oxazole rings is 1. The Bertz CT molecular complexity index is 618. The number of rotatable bonds is 7. The number of carbonyl (C=O) groups excluding carboxylic acids is 1. The molecule has 2 amide bonds. The number of aliphatic hydroxyl groups excluding tert-OH is 1. The summed E-state index contributed by atoms with van der Waals surface area (Å²) < 4.78 is 5.47. The number of benzene rings is 1. The lowest BCUT2D eigenvalue weighted by Gasteiger charge is -2.14. The largest absolute Gasteiger partial charge is 0.444 e. The summed E-state index contributed by atoms with van der Waals surface area (Å²) >= 11 is 0. The zero-order chi connectivity index (χ0) is 16.7. The minimum atomic E-state index is -0.284. The molecule has 1 aromatic heterocycles. The summed E-state index contributed by atoms with van der Waals surface area (Å²) in [6, 6.07) is 7.46. The van der Waals surface area contributed by atoms with Crippen molar-refractivity contribution in [1.82, 2.24) is 15.6 Å². The van der Waals surface area contributed by atoms with E-state index in [0.29, 0.717) is 25.3 Å². The molecule has 0 aliphatic heterocycles. The summed E-state index contributed by atoms with van der Waals surface area (Å²) in [6.45, 7) is 4.32. The van der Waals surface area contributed by atoms with Gasteiger partial charge >= 0.3 is 6.03 Å². The highest BCUT2D eigenvalue weighted by Crippen LogP contribution is 2.19. The quantitative estimate of drug-likeness (QED) is 0.731. The van der Waals surface area contributed by atoms with Gasteiger partial charge in [-0.3, -0.25) is 0 Å². The van der Waals surface area contributed by atoms with Crippen LogP contribution >= 0.6 is 0 Å². The molecule has 0 spiro atoms. The van der Waals surface area contributed by atoms with Crippen molar-refractivity contribution in [2.75, 3.05) is 13.2 Å². The molecule has 0 bridgehead atoms. The molecule has 23 heavy (non-hydrogen) atoms. The molecule has 1 aromatic carbocycles. The van der Waals surface area contributed by atoms with E-state index in [4.69, 9.17) is 9.52 Å². The molecule has 0 saturated carbocycles. The predicted octanol–water partition coefficient (Wildman–Crippen LogP) is 2.26. The van der Waals surface area contributed by atoms with Gasteiger partial charge in [0.1, 0.15) is 6.26 Å². The van der Waals surface area contributed by atoms with E-state index in [1.165, 1.54) is 5.56 Å². The van der Waals surface area contributed by atoms with Crippen molar-refractivity contribution in [3.8, 4) is 11.5 Å². The maximum Gasteiger partial charge on any atom is 0.315 e. The number of aliphatic hydroxyl groups is 1. The molecule has 1 unspecified atom stereocenters. The molecule has 0 aliphatic carbocycles. The number of hydrogen-bond donors (Lipinski definition) is 3. The van der Waals surface area contributed by atoms with Gasteiger partial charge in [-0.1, -0.05) is 24.6 Å². The van der Waals surface area contributed by atoms with E-state index in [0.717, 1.165) is 11.3 Å². The van der Waals surface area contributed by atoms with Crippen molar-refractivity contribution < 1.29 is 14.3 Å². The first-order valence-electron chi connectivity index (χ1n) is 7.79. The lowest BCUT2D eigenvalue weighted by molar-refractivity contribution is 0.214. The molecule has 0 aliphatic rings. The van der Waals surface area contributed by atoms with Gasteiger partial charge in [-0.25, -0.2) is 9.78 Å². The molecule has 0 fully saturated rings. The molecule has 1 heterocycles. The number of amides is 2. The monoisotopic (exact) mass is 317 g/mol. The van der Waals surface area contributed by atoms with Crippen molar-refractivity contribution >= 4 is 6.03 Å². The average molecular weight is 317 g/mol. The fraction of sp³-hybridized carbons (Fsp3) is 0.412. The second-order valence-corrected chi connectivity index (χ2v) is 5.45. The number of aryl methyl sites for hydroxylation is 1. The molecular weight excluding hydrogens is 294 g/mol. The number of hydrogen-bond acceptors (Lipinski definition) is 4. The van der Waals surface area contributed by atoms with E-state index in [9.17, 15) is 4.79 Å². The Balaban J connectivity index is 1.81.